The van der Waals surface area contributed by atoms with Crippen molar-refractivity contribution >= 4 is 23.4 Å². The van der Waals surface area contributed by atoms with Crippen LogP contribution in [0.25, 0.3) is 0 Å². The molecule has 1 fully saturated rings. The van der Waals surface area contributed by atoms with Crippen LogP contribution in [0.2, 0.25) is 5.02 Å². The lowest BCUT2D eigenvalue weighted by atomic mass is 9.76. The van der Waals surface area contributed by atoms with Crippen molar-refractivity contribution in [1.29, 1.82) is 0 Å². The van der Waals surface area contributed by atoms with Gasteiger partial charge in [-0.1, -0.05) is 11.6 Å². The van der Waals surface area contributed by atoms with Crippen LogP contribution in [0.15, 0.2) is 18.5 Å². The summed E-state index contributed by atoms with van der Waals surface area (Å²) in [5.74, 6) is -0.701. The summed E-state index contributed by atoms with van der Waals surface area (Å²) in [6.45, 7) is 2.30. The Morgan fingerprint density at radius 2 is 2.40 bits per heavy atom. The Morgan fingerprint density at radius 3 is 3.05 bits per heavy atom. The van der Waals surface area contributed by atoms with Gasteiger partial charge in [0, 0.05) is 18.8 Å². The first kappa shape index (κ1) is 14.9. The molecule has 2 heterocycles. The van der Waals surface area contributed by atoms with Crippen molar-refractivity contribution in [3.05, 3.63) is 29.0 Å². The maximum atomic E-state index is 12.3. The van der Waals surface area contributed by atoms with Gasteiger partial charge in [0.25, 0.3) is 0 Å². The highest BCUT2D eigenvalue weighted by Crippen LogP contribution is 2.33. The van der Waals surface area contributed by atoms with E-state index in [0.717, 1.165) is 0 Å². The Kier molecular flexibility index (Phi) is 4.73. The van der Waals surface area contributed by atoms with Crippen LogP contribution in [0, 0.1) is 5.41 Å². The summed E-state index contributed by atoms with van der Waals surface area (Å²) in [5.41, 5.74) is -0.604. The van der Waals surface area contributed by atoms with Crippen molar-refractivity contribution in [2.45, 2.75) is 19.8 Å². The van der Waals surface area contributed by atoms with Gasteiger partial charge in [0.1, 0.15) is 0 Å². The standard InChI is InChI=1S/C14H16ClNO4/c1-2-20-13(18)14(9-19-6-4-12(14)17)7-10-3-5-16-8-11(10)15/h3,5,8H,2,4,6-7,9H2,1H3. The molecule has 1 aromatic heterocycles. The third-order valence-electron chi connectivity index (χ3n) is 3.37. The number of Topliss-reactive ketones (excluding diaryl/α,β-unsaturated/α-hetero) is 1. The van der Waals surface area contributed by atoms with Crippen LogP contribution in [0.3, 0.4) is 0 Å². The average molecular weight is 298 g/mol. The highest BCUT2D eigenvalue weighted by Gasteiger charge is 2.49. The molecular formula is C14H16ClNO4. The van der Waals surface area contributed by atoms with E-state index < -0.39 is 11.4 Å². The topological polar surface area (TPSA) is 65.5 Å². The molecule has 0 N–H and O–H groups in total. The lowest BCUT2D eigenvalue weighted by molar-refractivity contribution is -0.169. The largest absolute Gasteiger partial charge is 0.465 e. The van der Waals surface area contributed by atoms with Crippen molar-refractivity contribution in [2.24, 2.45) is 5.41 Å². The summed E-state index contributed by atoms with van der Waals surface area (Å²) < 4.78 is 10.4. The maximum absolute atomic E-state index is 12.3. The maximum Gasteiger partial charge on any atom is 0.322 e. The number of esters is 1. The molecule has 1 saturated heterocycles. The minimum Gasteiger partial charge on any atom is -0.465 e. The third-order valence-corrected chi connectivity index (χ3v) is 3.71. The molecule has 108 valence electrons. The number of carbonyl (C=O) groups excluding carboxylic acids is 2. The predicted molar refractivity (Wildman–Crippen MR) is 72.5 cm³/mol. The second-order valence-electron chi connectivity index (χ2n) is 4.67. The molecule has 0 aromatic carbocycles. The van der Waals surface area contributed by atoms with Crippen molar-refractivity contribution in [3.8, 4) is 0 Å². The number of ether oxygens (including phenoxy) is 2. The van der Waals surface area contributed by atoms with E-state index in [1.807, 2.05) is 0 Å². The van der Waals surface area contributed by atoms with E-state index >= 15 is 0 Å². The fraction of sp³-hybridized carbons (Fsp3) is 0.500. The smallest absolute Gasteiger partial charge is 0.322 e. The first-order valence-corrected chi connectivity index (χ1v) is 6.84. The van der Waals surface area contributed by atoms with E-state index in [1.54, 1.807) is 19.2 Å². The zero-order chi connectivity index (χ0) is 14.6. The van der Waals surface area contributed by atoms with E-state index in [4.69, 9.17) is 21.1 Å². The molecule has 1 aromatic rings. The fourth-order valence-electron chi connectivity index (χ4n) is 2.27. The van der Waals surface area contributed by atoms with Gasteiger partial charge in [-0.05, 0) is 25.0 Å². The monoisotopic (exact) mass is 297 g/mol. The molecule has 1 aliphatic heterocycles. The van der Waals surface area contributed by atoms with E-state index in [-0.39, 0.29) is 31.8 Å². The molecule has 0 bridgehead atoms. The first-order chi connectivity index (χ1) is 9.60. The molecule has 1 atom stereocenters. The van der Waals surface area contributed by atoms with Gasteiger partial charge in [-0.25, -0.2) is 0 Å². The molecule has 1 unspecified atom stereocenters. The minimum atomic E-state index is -1.29. The Labute approximate surface area is 122 Å². The zero-order valence-electron chi connectivity index (χ0n) is 11.2. The summed E-state index contributed by atoms with van der Waals surface area (Å²) in [6, 6.07) is 1.70. The number of ketones is 1. The van der Waals surface area contributed by atoms with Crippen LogP contribution in [-0.4, -0.2) is 36.6 Å². The summed E-state index contributed by atoms with van der Waals surface area (Å²) >= 11 is 6.07. The molecule has 0 aliphatic carbocycles. The van der Waals surface area contributed by atoms with E-state index in [9.17, 15) is 9.59 Å². The lowest BCUT2D eigenvalue weighted by Gasteiger charge is -2.33. The summed E-state index contributed by atoms with van der Waals surface area (Å²) in [5, 5.41) is 0.426. The second kappa shape index (κ2) is 6.33. The zero-order valence-corrected chi connectivity index (χ0v) is 12.0. The van der Waals surface area contributed by atoms with Gasteiger partial charge in [-0.2, -0.15) is 0 Å². The predicted octanol–water partition coefficient (Wildman–Crippen LogP) is 1.82. The summed E-state index contributed by atoms with van der Waals surface area (Å²) in [4.78, 5) is 28.5. The van der Waals surface area contributed by atoms with Gasteiger partial charge < -0.3 is 9.47 Å². The Hall–Kier alpha value is -1.46. The van der Waals surface area contributed by atoms with Crippen LogP contribution in [0.4, 0.5) is 0 Å². The number of aromatic nitrogens is 1. The number of rotatable bonds is 4. The molecule has 2 rings (SSSR count). The van der Waals surface area contributed by atoms with Crippen LogP contribution in [0.1, 0.15) is 18.9 Å². The van der Waals surface area contributed by atoms with Crippen molar-refractivity contribution < 1.29 is 19.1 Å². The highest BCUT2D eigenvalue weighted by molar-refractivity contribution is 6.31. The number of hydrogen-bond acceptors (Lipinski definition) is 5. The quantitative estimate of drug-likeness (QED) is 0.626. The van der Waals surface area contributed by atoms with Gasteiger partial charge in [0.05, 0.1) is 24.8 Å². The Balaban J connectivity index is 2.34. The van der Waals surface area contributed by atoms with Crippen LogP contribution < -0.4 is 0 Å². The molecule has 0 amide bonds. The highest BCUT2D eigenvalue weighted by atomic mass is 35.5. The first-order valence-electron chi connectivity index (χ1n) is 6.47. The molecule has 0 saturated carbocycles. The van der Waals surface area contributed by atoms with Gasteiger partial charge >= 0.3 is 5.97 Å². The number of pyridine rings is 1. The number of carbonyl (C=O) groups is 2. The van der Waals surface area contributed by atoms with Crippen LogP contribution >= 0.6 is 11.6 Å². The SMILES string of the molecule is CCOC(=O)C1(Cc2ccncc2Cl)COCCC1=O. The average Bonchev–Trinajstić information content (AvgIpc) is 2.44. The van der Waals surface area contributed by atoms with Gasteiger partial charge in [0.2, 0.25) is 0 Å². The van der Waals surface area contributed by atoms with Gasteiger partial charge in [-0.15, -0.1) is 0 Å². The molecular weight excluding hydrogens is 282 g/mol. The molecule has 0 spiro atoms. The third kappa shape index (κ3) is 2.83. The van der Waals surface area contributed by atoms with Crippen molar-refractivity contribution in [2.75, 3.05) is 19.8 Å². The number of nitrogens with zero attached hydrogens (tertiary/aromatic N) is 1. The normalized spacial score (nSPS) is 22.6. The second-order valence-corrected chi connectivity index (χ2v) is 5.08. The fourth-order valence-corrected chi connectivity index (χ4v) is 2.45. The molecule has 0 radical (unpaired) electrons. The molecule has 1 aliphatic rings. The number of halogens is 1. The Morgan fingerprint density at radius 1 is 1.60 bits per heavy atom. The van der Waals surface area contributed by atoms with E-state index in [1.165, 1.54) is 6.20 Å². The summed E-state index contributed by atoms with van der Waals surface area (Å²) in [7, 11) is 0. The van der Waals surface area contributed by atoms with E-state index in [2.05, 4.69) is 4.98 Å². The number of hydrogen-bond donors (Lipinski definition) is 0. The van der Waals surface area contributed by atoms with E-state index in [0.29, 0.717) is 17.2 Å². The van der Waals surface area contributed by atoms with Gasteiger partial charge in [-0.3, -0.25) is 14.6 Å². The molecule has 20 heavy (non-hydrogen) atoms. The van der Waals surface area contributed by atoms with Crippen LogP contribution in [-0.2, 0) is 25.5 Å². The van der Waals surface area contributed by atoms with Crippen molar-refractivity contribution in [1.82, 2.24) is 4.98 Å². The molecule has 6 heteroatoms. The van der Waals surface area contributed by atoms with Crippen molar-refractivity contribution in [3.63, 3.8) is 0 Å². The Bertz CT molecular complexity index is 520. The van der Waals surface area contributed by atoms with Gasteiger partial charge in [0.15, 0.2) is 11.2 Å². The van der Waals surface area contributed by atoms with Crippen LogP contribution in [0.5, 0.6) is 0 Å². The minimum absolute atomic E-state index is 0.0311. The lowest BCUT2D eigenvalue weighted by Crippen LogP contribution is -2.49. The summed E-state index contributed by atoms with van der Waals surface area (Å²) in [6.07, 6.45) is 3.45. The molecule has 5 nitrogen and oxygen atoms in total.